The highest BCUT2D eigenvalue weighted by Gasteiger charge is 2.17. The second kappa shape index (κ2) is 5.02. The molecule has 3 rings (SSSR count). The number of benzene rings is 2. The quantitative estimate of drug-likeness (QED) is 0.840. The van der Waals surface area contributed by atoms with Crippen LogP contribution in [0.3, 0.4) is 0 Å². The van der Waals surface area contributed by atoms with Gasteiger partial charge in [0.05, 0.1) is 17.1 Å². The van der Waals surface area contributed by atoms with Crippen molar-refractivity contribution in [3.63, 3.8) is 0 Å². The van der Waals surface area contributed by atoms with Gasteiger partial charge in [-0.2, -0.15) is 0 Å². The van der Waals surface area contributed by atoms with Crippen LogP contribution in [0.25, 0.3) is 0 Å². The van der Waals surface area contributed by atoms with Gasteiger partial charge in [0.25, 0.3) is 0 Å². The zero-order valence-electron chi connectivity index (χ0n) is 10.1. The van der Waals surface area contributed by atoms with Crippen LogP contribution in [0.2, 0.25) is 0 Å². The van der Waals surface area contributed by atoms with Gasteiger partial charge in [0, 0.05) is 17.6 Å². The molecule has 3 heteroatoms. The minimum absolute atomic E-state index is 1.03. The highest BCUT2D eigenvalue weighted by molar-refractivity contribution is 9.10. The molecule has 0 aliphatic carbocycles. The Bertz CT molecular complexity index is 554. The van der Waals surface area contributed by atoms with Crippen molar-refractivity contribution in [3.8, 4) is 0 Å². The van der Waals surface area contributed by atoms with Crippen LogP contribution < -0.4 is 10.2 Å². The molecule has 0 saturated heterocycles. The van der Waals surface area contributed by atoms with Crippen molar-refractivity contribution in [2.24, 2.45) is 0 Å². The summed E-state index contributed by atoms with van der Waals surface area (Å²) in [5.41, 5.74) is 3.70. The first-order valence-corrected chi connectivity index (χ1v) is 7.00. The predicted molar refractivity (Wildman–Crippen MR) is 80.7 cm³/mol. The molecule has 92 valence electrons. The fourth-order valence-electron chi connectivity index (χ4n) is 2.36. The van der Waals surface area contributed by atoms with Crippen molar-refractivity contribution in [1.82, 2.24) is 0 Å². The van der Waals surface area contributed by atoms with Gasteiger partial charge in [0.2, 0.25) is 0 Å². The lowest BCUT2D eigenvalue weighted by Crippen LogP contribution is -2.18. The molecule has 1 aliphatic heterocycles. The van der Waals surface area contributed by atoms with E-state index in [-0.39, 0.29) is 0 Å². The maximum absolute atomic E-state index is 3.65. The van der Waals surface area contributed by atoms with Crippen LogP contribution in [-0.2, 0) is 0 Å². The molecule has 0 bridgehead atoms. The van der Waals surface area contributed by atoms with Gasteiger partial charge in [-0.25, -0.2) is 0 Å². The minimum atomic E-state index is 1.03. The van der Waals surface area contributed by atoms with Gasteiger partial charge in [-0.15, -0.1) is 0 Å². The molecule has 0 spiro atoms. The number of halogens is 1. The van der Waals surface area contributed by atoms with E-state index in [0.29, 0.717) is 0 Å². The number of nitrogens with one attached hydrogen (secondary N) is 1. The van der Waals surface area contributed by atoms with E-state index in [9.17, 15) is 0 Å². The van der Waals surface area contributed by atoms with Crippen LogP contribution in [0, 0.1) is 0 Å². The lowest BCUT2D eigenvalue weighted by Gasteiger charge is -2.25. The number of hydrogen-bond donors (Lipinski definition) is 1. The normalized spacial score (nSPS) is 14.6. The average molecular weight is 303 g/mol. The SMILES string of the molecule is Brc1ccccc1N1CCCNc2ccccc21. The van der Waals surface area contributed by atoms with E-state index in [4.69, 9.17) is 0 Å². The predicted octanol–water partition coefficient (Wildman–Crippen LogP) is 4.40. The zero-order valence-corrected chi connectivity index (χ0v) is 11.7. The highest BCUT2D eigenvalue weighted by Crippen LogP contribution is 2.37. The number of rotatable bonds is 1. The Morgan fingerprint density at radius 3 is 2.50 bits per heavy atom. The molecule has 0 fully saturated rings. The first-order valence-electron chi connectivity index (χ1n) is 6.21. The molecular formula is C15H15BrN2. The minimum Gasteiger partial charge on any atom is -0.383 e. The van der Waals surface area contributed by atoms with Crippen LogP contribution in [0.4, 0.5) is 17.1 Å². The van der Waals surface area contributed by atoms with E-state index >= 15 is 0 Å². The summed E-state index contributed by atoms with van der Waals surface area (Å²) in [6.07, 6.45) is 1.13. The third-order valence-corrected chi connectivity index (χ3v) is 3.88. The number of hydrogen-bond acceptors (Lipinski definition) is 2. The Hall–Kier alpha value is -1.48. The third kappa shape index (κ3) is 2.10. The molecular weight excluding hydrogens is 288 g/mol. The van der Waals surface area contributed by atoms with E-state index in [1.54, 1.807) is 0 Å². The summed E-state index contributed by atoms with van der Waals surface area (Å²) < 4.78 is 1.14. The van der Waals surface area contributed by atoms with E-state index in [2.05, 4.69) is 74.7 Å². The largest absolute Gasteiger partial charge is 0.383 e. The lowest BCUT2D eigenvalue weighted by molar-refractivity contribution is 0.862. The van der Waals surface area contributed by atoms with Crippen molar-refractivity contribution >= 4 is 33.0 Å². The van der Waals surface area contributed by atoms with Crippen LogP contribution in [-0.4, -0.2) is 13.1 Å². The average Bonchev–Trinajstić information content (AvgIpc) is 2.62. The molecule has 1 N–H and O–H groups in total. The van der Waals surface area contributed by atoms with Crippen molar-refractivity contribution in [3.05, 3.63) is 53.0 Å². The first-order chi connectivity index (χ1) is 8.86. The van der Waals surface area contributed by atoms with Crippen LogP contribution in [0.5, 0.6) is 0 Å². The monoisotopic (exact) mass is 302 g/mol. The zero-order chi connectivity index (χ0) is 12.4. The summed E-state index contributed by atoms with van der Waals surface area (Å²) in [6.45, 7) is 2.06. The maximum Gasteiger partial charge on any atom is 0.0646 e. The van der Waals surface area contributed by atoms with Gasteiger partial charge in [0.15, 0.2) is 0 Å². The molecule has 2 nitrogen and oxygen atoms in total. The number of para-hydroxylation sites is 3. The Balaban J connectivity index is 2.10. The summed E-state index contributed by atoms with van der Waals surface area (Å²) in [5, 5.41) is 3.49. The standard InChI is InChI=1S/C15H15BrN2/c16-12-6-1-3-8-14(12)18-11-5-10-17-13-7-2-4-9-15(13)18/h1-4,6-9,17H,5,10-11H2. The van der Waals surface area contributed by atoms with Crippen LogP contribution in [0.1, 0.15) is 6.42 Å². The van der Waals surface area contributed by atoms with Gasteiger partial charge < -0.3 is 10.2 Å². The maximum atomic E-state index is 3.65. The van der Waals surface area contributed by atoms with Crippen molar-refractivity contribution < 1.29 is 0 Å². The third-order valence-electron chi connectivity index (χ3n) is 3.21. The van der Waals surface area contributed by atoms with E-state index < -0.39 is 0 Å². The van der Waals surface area contributed by atoms with Crippen molar-refractivity contribution in [2.75, 3.05) is 23.3 Å². The molecule has 18 heavy (non-hydrogen) atoms. The summed E-state index contributed by atoms with van der Waals surface area (Å²) in [6, 6.07) is 16.9. The Morgan fingerprint density at radius 2 is 1.67 bits per heavy atom. The molecule has 0 radical (unpaired) electrons. The van der Waals surface area contributed by atoms with Gasteiger partial charge in [-0.05, 0) is 46.6 Å². The Morgan fingerprint density at radius 1 is 0.944 bits per heavy atom. The van der Waals surface area contributed by atoms with E-state index in [0.717, 1.165) is 24.0 Å². The van der Waals surface area contributed by atoms with E-state index in [1.807, 2.05) is 0 Å². The molecule has 0 atom stereocenters. The van der Waals surface area contributed by atoms with Gasteiger partial charge >= 0.3 is 0 Å². The second-order valence-electron chi connectivity index (χ2n) is 4.40. The molecule has 0 saturated carbocycles. The molecule has 0 unspecified atom stereocenters. The van der Waals surface area contributed by atoms with Crippen molar-refractivity contribution in [2.45, 2.75) is 6.42 Å². The van der Waals surface area contributed by atoms with E-state index in [1.165, 1.54) is 17.1 Å². The number of nitrogens with zero attached hydrogens (tertiary/aromatic N) is 1. The first kappa shape index (κ1) is 11.6. The second-order valence-corrected chi connectivity index (χ2v) is 5.25. The molecule has 2 aromatic carbocycles. The Labute approximate surface area is 116 Å². The summed E-state index contributed by atoms with van der Waals surface area (Å²) >= 11 is 3.65. The fourth-order valence-corrected chi connectivity index (χ4v) is 2.86. The van der Waals surface area contributed by atoms with Crippen LogP contribution >= 0.6 is 15.9 Å². The van der Waals surface area contributed by atoms with Crippen molar-refractivity contribution in [1.29, 1.82) is 0 Å². The summed E-state index contributed by atoms with van der Waals surface area (Å²) in [4.78, 5) is 2.37. The molecule has 1 aliphatic rings. The number of anilines is 3. The van der Waals surface area contributed by atoms with Gasteiger partial charge in [-0.3, -0.25) is 0 Å². The smallest absolute Gasteiger partial charge is 0.0646 e. The highest BCUT2D eigenvalue weighted by atomic mass is 79.9. The summed E-state index contributed by atoms with van der Waals surface area (Å²) in [7, 11) is 0. The van der Waals surface area contributed by atoms with Gasteiger partial charge in [-0.1, -0.05) is 24.3 Å². The topological polar surface area (TPSA) is 15.3 Å². The fraction of sp³-hybridized carbons (Fsp3) is 0.200. The summed E-state index contributed by atoms with van der Waals surface area (Å²) in [5.74, 6) is 0. The number of fused-ring (bicyclic) bond motifs is 1. The molecule has 0 amide bonds. The lowest BCUT2D eigenvalue weighted by atomic mass is 10.2. The van der Waals surface area contributed by atoms with Crippen LogP contribution in [0.15, 0.2) is 53.0 Å². The molecule has 0 aromatic heterocycles. The Kier molecular flexibility index (Phi) is 3.24. The molecule has 2 aromatic rings. The molecule has 1 heterocycles. The van der Waals surface area contributed by atoms with Gasteiger partial charge in [0.1, 0.15) is 0 Å².